The standard InChI is InChI=1S/C12H10F3NO2/c1-5-8-7(18-12(17)9(5)13)4-6(16(2)3)10(14)11(8)15/h4H,1-3H3. The van der Waals surface area contributed by atoms with E-state index in [2.05, 4.69) is 4.42 Å². The second-order valence-corrected chi connectivity index (χ2v) is 4.12. The van der Waals surface area contributed by atoms with Gasteiger partial charge in [0.25, 0.3) is 0 Å². The van der Waals surface area contributed by atoms with E-state index in [4.69, 9.17) is 0 Å². The zero-order chi connectivity index (χ0) is 13.6. The highest BCUT2D eigenvalue weighted by atomic mass is 19.2. The number of nitrogens with zero attached hydrogens (tertiary/aromatic N) is 1. The summed E-state index contributed by atoms with van der Waals surface area (Å²) < 4.78 is 45.6. The van der Waals surface area contributed by atoms with Gasteiger partial charge in [0.15, 0.2) is 11.6 Å². The van der Waals surface area contributed by atoms with Gasteiger partial charge in [-0.2, -0.15) is 4.39 Å². The molecule has 6 heteroatoms. The number of aryl methyl sites for hydroxylation is 1. The lowest BCUT2D eigenvalue weighted by Gasteiger charge is -2.15. The van der Waals surface area contributed by atoms with E-state index in [9.17, 15) is 18.0 Å². The highest BCUT2D eigenvalue weighted by molar-refractivity contribution is 5.84. The van der Waals surface area contributed by atoms with Crippen LogP contribution in [0.15, 0.2) is 15.3 Å². The van der Waals surface area contributed by atoms with E-state index < -0.39 is 23.1 Å². The third kappa shape index (κ3) is 1.64. The summed E-state index contributed by atoms with van der Waals surface area (Å²) in [5.74, 6) is -3.54. The van der Waals surface area contributed by atoms with E-state index in [0.717, 1.165) is 0 Å². The van der Waals surface area contributed by atoms with Crippen LogP contribution in [0, 0.1) is 24.4 Å². The zero-order valence-electron chi connectivity index (χ0n) is 9.97. The lowest BCUT2D eigenvalue weighted by molar-refractivity contribution is 0.472. The Balaban J connectivity index is 3.00. The van der Waals surface area contributed by atoms with Crippen molar-refractivity contribution in [2.75, 3.05) is 19.0 Å². The van der Waals surface area contributed by atoms with E-state index in [1.54, 1.807) is 0 Å². The van der Waals surface area contributed by atoms with Gasteiger partial charge in [-0.3, -0.25) is 0 Å². The molecule has 0 atom stereocenters. The summed E-state index contributed by atoms with van der Waals surface area (Å²) in [6.45, 7) is 1.20. The maximum absolute atomic E-state index is 13.9. The zero-order valence-corrected chi connectivity index (χ0v) is 9.97. The van der Waals surface area contributed by atoms with Gasteiger partial charge < -0.3 is 9.32 Å². The summed E-state index contributed by atoms with van der Waals surface area (Å²) in [6.07, 6.45) is 0. The van der Waals surface area contributed by atoms with Gasteiger partial charge in [0.1, 0.15) is 5.58 Å². The van der Waals surface area contributed by atoms with Crippen LogP contribution in [-0.4, -0.2) is 14.1 Å². The Hall–Kier alpha value is -1.98. The number of rotatable bonds is 1. The molecule has 1 aromatic carbocycles. The fraction of sp³-hybridized carbons (Fsp3) is 0.250. The Kier molecular flexibility index (Phi) is 2.80. The van der Waals surface area contributed by atoms with Crippen LogP contribution in [0.3, 0.4) is 0 Å². The first-order chi connectivity index (χ1) is 8.34. The minimum Gasteiger partial charge on any atom is -0.420 e. The van der Waals surface area contributed by atoms with E-state index in [1.807, 2.05) is 0 Å². The second-order valence-electron chi connectivity index (χ2n) is 4.12. The van der Waals surface area contributed by atoms with Crippen molar-refractivity contribution in [3.8, 4) is 0 Å². The van der Waals surface area contributed by atoms with Crippen LogP contribution in [-0.2, 0) is 0 Å². The first-order valence-electron chi connectivity index (χ1n) is 5.12. The van der Waals surface area contributed by atoms with Crippen LogP contribution in [0.4, 0.5) is 18.9 Å². The van der Waals surface area contributed by atoms with Crippen LogP contribution in [0.2, 0.25) is 0 Å². The molecule has 0 saturated carbocycles. The molecule has 1 aromatic heterocycles. The molecule has 0 N–H and O–H groups in total. The van der Waals surface area contributed by atoms with E-state index in [-0.39, 0.29) is 22.2 Å². The van der Waals surface area contributed by atoms with Gasteiger partial charge in [-0.05, 0) is 6.92 Å². The van der Waals surface area contributed by atoms with Crippen molar-refractivity contribution in [3.05, 3.63) is 39.5 Å². The fourth-order valence-electron chi connectivity index (χ4n) is 1.75. The first kappa shape index (κ1) is 12.5. The van der Waals surface area contributed by atoms with Crippen molar-refractivity contribution < 1.29 is 17.6 Å². The van der Waals surface area contributed by atoms with Crippen molar-refractivity contribution in [1.29, 1.82) is 0 Å². The van der Waals surface area contributed by atoms with Gasteiger partial charge in [0, 0.05) is 25.7 Å². The maximum Gasteiger partial charge on any atom is 0.372 e. The summed E-state index contributed by atoms with van der Waals surface area (Å²) in [5.41, 5.74) is -1.71. The van der Waals surface area contributed by atoms with Crippen molar-refractivity contribution in [2.45, 2.75) is 6.92 Å². The largest absolute Gasteiger partial charge is 0.420 e. The SMILES string of the molecule is Cc1c(F)c(=O)oc2cc(N(C)C)c(F)c(F)c12. The van der Waals surface area contributed by atoms with Crippen molar-refractivity contribution in [2.24, 2.45) is 0 Å². The van der Waals surface area contributed by atoms with Gasteiger partial charge in [0.2, 0.25) is 5.82 Å². The predicted molar refractivity (Wildman–Crippen MR) is 61.4 cm³/mol. The molecular formula is C12H10F3NO2. The third-order valence-corrected chi connectivity index (χ3v) is 2.72. The van der Waals surface area contributed by atoms with Crippen molar-refractivity contribution in [3.63, 3.8) is 0 Å². The molecule has 0 aliphatic rings. The molecule has 2 rings (SSSR count). The molecule has 0 amide bonds. The number of fused-ring (bicyclic) bond motifs is 1. The average Bonchev–Trinajstić information content (AvgIpc) is 2.30. The highest BCUT2D eigenvalue weighted by Gasteiger charge is 2.21. The van der Waals surface area contributed by atoms with Gasteiger partial charge in [-0.15, -0.1) is 0 Å². The average molecular weight is 257 g/mol. The topological polar surface area (TPSA) is 33.5 Å². The summed E-state index contributed by atoms with van der Waals surface area (Å²) >= 11 is 0. The van der Waals surface area contributed by atoms with Gasteiger partial charge in [-0.25, -0.2) is 13.6 Å². The first-order valence-corrected chi connectivity index (χ1v) is 5.12. The molecule has 96 valence electrons. The summed E-state index contributed by atoms with van der Waals surface area (Å²) in [7, 11) is 3.02. The lowest BCUT2D eigenvalue weighted by Crippen LogP contribution is -2.14. The Labute approximate surface area is 100 Å². The van der Waals surface area contributed by atoms with Crippen LogP contribution >= 0.6 is 0 Å². The summed E-state index contributed by atoms with van der Waals surface area (Å²) in [6, 6.07) is 1.17. The molecule has 0 unspecified atom stereocenters. The van der Waals surface area contributed by atoms with Gasteiger partial charge in [0.05, 0.1) is 11.1 Å². The quantitative estimate of drug-likeness (QED) is 0.736. The molecule has 0 spiro atoms. The Morgan fingerprint density at radius 2 is 1.72 bits per heavy atom. The van der Waals surface area contributed by atoms with Crippen LogP contribution < -0.4 is 10.5 Å². The van der Waals surface area contributed by atoms with Crippen LogP contribution in [0.5, 0.6) is 0 Å². The normalized spacial score (nSPS) is 11.0. The molecule has 0 radical (unpaired) electrons. The smallest absolute Gasteiger partial charge is 0.372 e. The van der Waals surface area contributed by atoms with E-state index >= 15 is 0 Å². The third-order valence-electron chi connectivity index (χ3n) is 2.72. The Morgan fingerprint density at radius 1 is 1.11 bits per heavy atom. The molecule has 0 aliphatic heterocycles. The monoisotopic (exact) mass is 257 g/mol. The number of halogens is 3. The van der Waals surface area contributed by atoms with Gasteiger partial charge >= 0.3 is 5.63 Å². The van der Waals surface area contributed by atoms with Gasteiger partial charge in [-0.1, -0.05) is 0 Å². The molecule has 0 bridgehead atoms. The minimum atomic E-state index is -1.23. The lowest BCUT2D eigenvalue weighted by atomic mass is 10.1. The predicted octanol–water partition coefficient (Wildman–Crippen LogP) is 2.58. The molecule has 0 aliphatic carbocycles. The highest BCUT2D eigenvalue weighted by Crippen LogP contribution is 2.30. The summed E-state index contributed by atoms with van der Waals surface area (Å²) in [5, 5.41) is -0.352. The molecule has 2 aromatic rings. The van der Waals surface area contributed by atoms with Crippen LogP contribution in [0.1, 0.15) is 5.56 Å². The number of hydrogen-bond acceptors (Lipinski definition) is 3. The molecule has 0 fully saturated rings. The number of benzene rings is 1. The van der Waals surface area contributed by atoms with Crippen LogP contribution in [0.25, 0.3) is 11.0 Å². The second kappa shape index (κ2) is 4.04. The minimum absolute atomic E-state index is 0.0749. The molecule has 18 heavy (non-hydrogen) atoms. The number of anilines is 1. The molecular weight excluding hydrogens is 247 g/mol. The van der Waals surface area contributed by atoms with Crippen molar-refractivity contribution in [1.82, 2.24) is 0 Å². The molecule has 1 heterocycles. The van der Waals surface area contributed by atoms with E-state index in [0.29, 0.717) is 0 Å². The van der Waals surface area contributed by atoms with E-state index in [1.165, 1.54) is 32.0 Å². The molecule has 0 saturated heterocycles. The Morgan fingerprint density at radius 3 is 2.28 bits per heavy atom. The molecule has 3 nitrogen and oxygen atoms in total. The van der Waals surface area contributed by atoms with Crippen molar-refractivity contribution >= 4 is 16.7 Å². The Bertz CT molecular complexity index is 692. The number of hydrogen-bond donors (Lipinski definition) is 0. The summed E-state index contributed by atoms with van der Waals surface area (Å²) in [4.78, 5) is 12.5. The fourth-order valence-corrected chi connectivity index (χ4v) is 1.75. The maximum atomic E-state index is 13.9.